The van der Waals surface area contributed by atoms with Gasteiger partial charge in [-0.1, -0.05) is 19.1 Å². The summed E-state index contributed by atoms with van der Waals surface area (Å²) in [6.07, 6.45) is 2.74. The van der Waals surface area contributed by atoms with Gasteiger partial charge in [0, 0.05) is 6.92 Å². The van der Waals surface area contributed by atoms with Gasteiger partial charge in [0.05, 0.1) is 5.56 Å². The zero-order valence-corrected chi connectivity index (χ0v) is 9.65. The Morgan fingerprint density at radius 2 is 2.00 bits per heavy atom. The smallest absolute Gasteiger partial charge is 0.206 e. The number of hydrogen-bond donors (Lipinski definition) is 0. The van der Waals surface area contributed by atoms with Gasteiger partial charge in [-0.05, 0) is 36.6 Å². The molecule has 0 aliphatic rings. The first-order valence-corrected chi connectivity index (χ1v) is 5.21. The highest BCUT2D eigenvalue weighted by molar-refractivity contribution is 5.64. The van der Waals surface area contributed by atoms with E-state index in [1.807, 2.05) is 19.9 Å². The van der Waals surface area contributed by atoms with Crippen LogP contribution in [0.15, 0.2) is 24.3 Å². The van der Waals surface area contributed by atoms with E-state index < -0.39 is 17.3 Å². The molecule has 0 aliphatic carbocycles. The highest BCUT2D eigenvalue weighted by Crippen LogP contribution is 2.31. The van der Waals surface area contributed by atoms with E-state index in [9.17, 15) is 13.2 Å². The largest absolute Gasteiger partial charge is 0.273 e. The van der Waals surface area contributed by atoms with Crippen LogP contribution >= 0.6 is 0 Å². The lowest BCUT2D eigenvalue weighted by atomic mass is 10.0. The molecular formula is C13H15F3. The van der Waals surface area contributed by atoms with Gasteiger partial charge in [-0.2, -0.15) is 0 Å². The Morgan fingerprint density at radius 3 is 2.50 bits per heavy atom. The van der Waals surface area contributed by atoms with Crippen LogP contribution in [0.25, 0.3) is 5.57 Å². The Labute approximate surface area is 93.8 Å². The second-order valence-electron chi connectivity index (χ2n) is 3.88. The molecule has 1 rings (SSSR count). The normalized spacial score (nSPS) is 13.0. The molecule has 0 nitrogen and oxygen atoms in total. The Morgan fingerprint density at radius 1 is 1.38 bits per heavy atom. The predicted molar refractivity (Wildman–Crippen MR) is 59.9 cm³/mol. The van der Waals surface area contributed by atoms with E-state index in [4.69, 9.17) is 0 Å². The fourth-order valence-corrected chi connectivity index (χ4v) is 1.53. The van der Waals surface area contributed by atoms with Crippen molar-refractivity contribution in [1.82, 2.24) is 0 Å². The summed E-state index contributed by atoms with van der Waals surface area (Å²) in [4.78, 5) is 0. The van der Waals surface area contributed by atoms with Crippen LogP contribution in [0.2, 0.25) is 0 Å². The summed E-state index contributed by atoms with van der Waals surface area (Å²) in [6.45, 7) is 4.49. The van der Waals surface area contributed by atoms with E-state index in [0.29, 0.717) is 12.5 Å². The first-order chi connectivity index (χ1) is 7.36. The lowest BCUT2D eigenvalue weighted by Crippen LogP contribution is -2.10. The van der Waals surface area contributed by atoms with E-state index in [0.717, 1.165) is 18.1 Å². The predicted octanol–water partition coefficient (Wildman–Crippen LogP) is 4.75. The zero-order valence-electron chi connectivity index (χ0n) is 9.65. The average molecular weight is 228 g/mol. The maximum Gasteiger partial charge on any atom is 0.273 e. The van der Waals surface area contributed by atoms with Crippen molar-refractivity contribution < 1.29 is 13.2 Å². The standard InChI is InChI=1S/C13H15F3/c1-4-5-9(2)10-6-7-12(14)11(8-10)13(3,15)16/h5-8H,4H2,1-3H3/b9-5+. The Hall–Kier alpha value is -1.25. The number of alkyl halides is 2. The van der Waals surface area contributed by atoms with Gasteiger partial charge in [-0.15, -0.1) is 0 Å². The van der Waals surface area contributed by atoms with Crippen molar-refractivity contribution >= 4 is 5.57 Å². The molecule has 0 N–H and O–H groups in total. The molecule has 0 spiro atoms. The van der Waals surface area contributed by atoms with Crippen molar-refractivity contribution in [3.63, 3.8) is 0 Å². The van der Waals surface area contributed by atoms with Crippen molar-refractivity contribution in [3.05, 3.63) is 41.2 Å². The topological polar surface area (TPSA) is 0 Å². The molecule has 0 aromatic heterocycles. The highest BCUT2D eigenvalue weighted by atomic mass is 19.3. The van der Waals surface area contributed by atoms with Crippen molar-refractivity contribution in [2.75, 3.05) is 0 Å². The highest BCUT2D eigenvalue weighted by Gasteiger charge is 2.28. The fourth-order valence-electron chi connectivity index (χ4n) is 1.53. The summed E-state index contributed by atoms with van der Waals surface area (Å²) >= 11 is 0. The molecule has 0 amide bonds. The van der Waals surface area contributed by atoms with E-state index in [-0.39, 0.29) is 0 Å². The van der Waals surface area contributed by atoms with E-state index >= 15 is 0 Å². The second kappa shape index (κ2) is 4.73. The van der Waals surface area contributed by atoms with Crippen LogP contribution in [0.4, 0.5) is 13.2 Å². The molecular weight excluding hydrogens is 213 g/mol. The lowest BCUT2D eigenvalue weighted by Gasteiger charge is -2.13. The molecule has 0 atom stereocenters. The van der Waals surface area contributed by atoms with Gasteiger partial charge in [0.1, 0.15) is 5.82 Å². The Bertz CT molecular complexity index is 400. The summed E-state index contributed by atoms with van der Waals surface area (Å²) < 4.78 is 39.4. The summed E-state index contributed by atoms with van der Waals surface area (Å²) in [5.41, 5.74) is 0.974. The monoisotopic (exact) mass is 228 g/mol. The molecule has 16 heavy (non-hydrogen) atoms. The van der Waals surface area contributed by atoms with Crippen LogP contribution in [0.5, 0.6) is 0 Å². The maximum absolute atomic E-state index is 13.2. The van der Waals surface area contributed by atoms with Crippen LogP contribution in [-0.2, 0) is 5.92 Å². The minimum atomic E-state index is -3.15. The first kappa shape index (κ1) is 12.8. The SMILES string of the molecule is CC/C=C(\C)c1ccc(F)c(C(C)(F)F)c1. The van der Waals surface area contributed by atoms with Gasteiger partial charge < -0.3 is 0 Å². The molecule has 0 saturated heterocycles. The third-order valence-electron chi connectivity index (χ3n) is 2.40. The van der Waals surface area contributed by atoms with Gasteiger partial charge in [0.2, 0.25) is 0 Å². The Balaban J connectivity index is 3.23. The molecule has 0 aliphatic heterocycles. The van der Waals surface area contributed by atoms with Crippen molar-refractivity contribution in [1.29, 1.82) is 0 Å². The number of allylic oxidation sites excluding steroid dienone is 2. The molecule has 3 heteroatoms. The average Bonchev–Trinajstić information content (AvgIpc) is 2.16. The van der Waals surface area contributed by atoms with Gasteiger partial charge in [0.25, 0.3) is 5.92 Å². The van der Waals surface area contributed by atoms with Crippen LogP contribution in [-0.4, -0.2) is 0 Å². The number of rotatable bonds is 3. The van der Waals surface area contributed by atoms with Gasteiger partial charge >= 0.3 is 0 Å². The van der Waals surface area contributed by atoms with Crippen LogP contribution in [0, 0.1) is 5.82 Å². The second-order valence-corrected chi connectivity index (χ2v) is 3.88. The van der Waals surface area contributed by atoms with E-state index in [2.05, 4.69) is 0 Å². The van der Waals surface area contributed by atoms with Crippen molar-refractivity contribution in [3.8, 4) is 0 Å². The molecule has 1 aromatic rings. The molecule has 88 valence electrons. The lowest BCUT2D eigenvalue weighted by molar-refractivity contribution is 0.0137. The molecule has 0 bridgehead atoms. The van der Waals surface area contributed by atoms with Crippen LogP contribution in [0.1, 0.15) is 38.3 Å². The molecule has 0 fully saturated rings. The van der Waals surface area contributed by atoms with Crippen LogP contribution in [0.3, 0.4) is 0 Å². The molecule has 1 aromatic carbocycles. The minimum Gasteiger partial charge on any atom is -0.206 e. The van der Waals surface area contributed by atoms with Crippen molar-refractivity contribution in [2.24, 2.45) is 0 Å². The fraction of sp³-hybridized carbons (Fsp3) is 0.385. The number of benzene rings is 1. The molecule has 0 saturated carbocycles. The summed E-state index contributed by atoms with van der Waals surface area (Å²) in [5, 5.41) is 0. The third-order valence-corrected chi connectivity index (χ3v) is 2.40. The third kappa shape index (κ3) is 2.87. The van der Waals surface area contributed by atoms with Gasteiger partial charge in [-0.25, -0.2) is 13.2 Å². The first-order valence-electron chi connectivity index (χ1n) is 5.21. The Kier molecular flexibility index (Phi) is 3.79. The summed E-state index contributed by atoms with van der Waals surface area (Å²) in [7, 11) is 0. The minimum absolute atomic E-state index is 0.547. The molecule has 0 heterocycles. The maximum atomic E-state index is 13.2. The zero-order chi connectivity index (χ0) is 12.3. The molecule has 0 unspecified atom stereocenters. The number of halogens is 3. The summed E-state index contributed by atoms with van der Waals surface area (Å²) in [5.74, 6) is -4.01. The quantitative estimate of drug-likeness (QED) is 0.700. The summed E-state index contributed by atoms with van der Waals surface area (Å²) in [6, 6.07) is 3.83. The van der Waals surface area contributed by atoms with E-state index in [1.165, 1.54) is 12.1 Å². The van der Waals surface area contributed by atoms with Crippen LogP contribution < -0.4 is 0 Å². The van der Waals surface area contributed by atoms with Crippen molar-refractivity contribution in [2.45, 2.75) is 33.1 Å². The molecule has 0 radical (unpaired) electrons. The van der Waals surface area contributed by atoms with Gasteiger partial charge in [0.15, 0.2) is 0 Å². The number of hydrogen-bond acceptors (Lipinski definition) is 0. The van der Waals surface area contributed by atoms with Gasteiger partial charge in [-0.3, -0.25) is 0 Å². The van der Waals surface area contributed by atoms with E-state index in [1.54, 1.807) is 0 Å².